The summed E-state index contributed by atoms with van der Waals surface area (Å²) in [6.07, 6.45) is 10.1. The Hall–Kier alpha value is -0.610. The molecule has 108 valence electrons. The van der Waals surface area contributed by atoms with Gasteiger partial charge in [0.15, 0.2) is 0 Å². The Morgan fingerprint density at radius 3 is 2.74 bits per heavy atom. The first-order valence-electron chi connectivity index (χ1n) is 7.88. The second kappa shape index (κ2) is 5.06. The topological polar surface area (TPSA) is 66.6 Å². The third kappa shape index (κ3) is 2.40. The minimum Gasteiger partial charge on any atom is -0.480 e. The van der Waals surface area contributed by atoms with E-state index >= 15 is 0 Å². The summed E-state index contributed by atoms with van der Waals surface area (Å²) in [4.78, 5) is 14.0. The molecule has 4 nitrogen and oxygen atoms in total. The molecule has 1 aliphatic heterocycles. The van der Waals surface area contributed by atoms with Crippen LogP contribution in [-0.4, -0.2) is 40.1 Å². The minimum atomic E-state index is -0.977. The van der Waals surface area contributed by atoms with E-state index in [1.54, 1.807) is 0 Å². The number of rotatable bonds is 2. The van der Waals surface area contributed by atoms with Gasteiger partial charge in [-0.25, -0.2) is 0 Å². The fourth-order valence-corrected chi connectivity index (χ4v) is 4.65. The average Bonchev–Trinajstić information content (AvgIpc) is 2.82. The first kappa shape index (κ1) is 13.4. The first-order chi connectivity index (χ1) is 9.10. The number of likely N-dealkylation sites (tertiary alicyclic amines) is 1. The molecule has 3 fully saturated rings. The van der Waals surface area contributed by atoms with Gasteiger partial charge in [-0.3, -0.25) is 9.69 Å². The lowest BCUT2D eigenvalue weighted by Crippen LogP contribution is -2.56. The van der Waals surface area contributed by atoms with E-state index in [4.69, 9.17) is 5.73 Å². The molecule has 0 aromatic rings. The van der Waals surface area contributed by atoms with Crippen LogP contribution in [0.5, 0.6) is 0 Å². The Balaban J connectivity index is 1.70. The van der Waals surface area contributed by atoms with Gasteiger partial charge in [0.05, 0.1) is 0 Å². The maximum absolute atomic E-state index is 11.4. The van der Waals surface area contributed by atoms with Crippen molar-refractivity contribution in [1.29, 1.82) is 0 Å². The minimum absolute atomic E-state index is 0.406. The third-order valence-electron chi connectivity index (χ3n) is 5.71. The molecule has 3 rings (SSSR count). The van der Waals surface area contributed by atoms with Crippen molar-refractivity contribution in [1.82, 2.24) is 4.90 Å². The van der Waals surface area contributed by atoms with Gasteiger partial charge < -0.3 is 10.8 Å². The maximum Gasteiger partial charge on any atom is 0.323 e. The second-order valence-corrected chi connectivity index (χ2v) is 6.85. The summed E-state index contributed by atoms with van der Waals surface area (Å²) in [7, 11) is 0. The quantitative estimate of drug-likeness (QED) is 0.802. The zero-order valence-corrected chi connectivity index (χ0v) is 11.7. The lowest BCUT2D eigenvalue weighted by molar-refractivity contribution is -0.145. The first-order valence-corrected chi connectivity index (χ1v) is 7.88. The summed E-state index contributed by atoms with van der Waals surface area (Å²) < 4.78 is 0. The Morgan fingerprint density at radius 2 is 1.95 bits per heavy atom. The number of nitrogens with two attached hydrogens (primary N) is 1. The molecule has 3 N–H and O–H groups in total. The highest BCUT2D eigenvalue weighted by atomic mass is 16.4. The molecule has 0 spiro atoms. The molecule has 1 saturated heterocycles. The molecule has 2 aliphatic carbocycles. The predicted molar refractivity (Wildman–Crippen MR) is 73.9 cm³/mol. The largest absolute Gasteiger partial charge is 0.480 e. The third-order valence-corrected chi connectivity index (χ3v) is 5.71. The number of hydrogen-bond acceptors (Lipinski definition) is 3. The van der Waals surface area contributed by atoms with Crippen molar-refractivity contribution < 1.29 is 9.90 Å². The molecule has 4 unspecified atom stereocenters. The Kier molecular flexibility index (Phi) is 3.56. The second-order valence-electron chi connectivity index (χ2n) is 6.85. The summed E-state index contributed by atoms with van der Waals surface area (Å²) in [5.74, 6) is 0.0595. The van der Waals surface area contributed by atoms with E-state index in [1.165, 1.54) is 32.1 Å². The van der Waals surface area contributed by atoms with Crippen LogP contribution in [0.4, 0.5) is 0 Å². The molecule has 1 heterocycles. The van der Waals surface area contributed by atoms with E-state index in [0.29, 0.717) is 18.9 Å². The van der Waals surface area contributed by atoms with Crippen molar-refractivity contribution in [3.8, 4) is 0 Å². The average molecular weight is 266 g/mol. The molecule has 4 heteroatoms. The highest BCUT2D eigenvalue weighted by molar-refractivity contribution is 5.78. The number of carboxylic acids is 1. The van der Waals surface area contributed by atoms with Gasteiger partial charge in [-0.1, -0.05) is 12.8 Å². The molecule has 0 radical (unpaired) electrons. The lowest BCUT2D eigenvalue weighted by Gasteiger charge is -2.43. The number of carboxylic acid groups (broad SMARTS) is 1. The van der Waals surface area contributed by atoms with E-state index < -0.39 is 11.5 Å². The fourth-order valence-electron chi connectivity index (χ4n) is 4.65. The monoisotopic (exact) mass is 266 g/mol. The summed E-state index contributed by atoms with van der Waals surface area (Å²) >= 11 is 0. The normalized spacial score (nSPS) is 43.9. The van der Waals surface area contributed by atoms with Crippen LogP contribution in [0.2, 0.25) is 0 Å². The smallest absolute Gasteiger partial charge is 0.323 e. The van der Waals surface area contributed by atoms with Crippen LogP contribution >= 0.6 is 0 Å². The Labute approximate surface area is 115 Å². The number of hydrogen-bond donors (Lipinski definition) is 2. The van der Waals surface area contributed by atoms with Crippen LogP contribution < -0.4 is 5.73 Å². The fraction of sp³-hybridized carbons (Fsp3) is 0.933. The van der Waals surface area contributed by atoms with Crippen molar-refractivity contribution in [3.05, 3.63) is 0 Å². The number of fused-ring (bicyclic) bond motifs is 1. The Morgan fingerprint density at radius 1 is 1.16 bits per heavy atom. The van der Waals surface area contributed by atoms with Crippen molar-refractivity contribution in [2.75, 3.05) is 6.54 Å². The lowest BCUT2D eigenvalue weighted by atomic mass is 9.78. The van der Waals surface area contributed by atoms with Gasteiger partial charge in [-0.2, -0.15) is 0 Å². The molecule has 4 atom stereocenters. The summed E-state index contributed by atoms with van der Waals surface area (Å²) in [6.45, 7) is 1.16. The highest BCUT2D eigenvalue weighted by Gasteiger charge is 2.45. The van der Waals surface area contributed by atoms with Gasteiger partial charge in [-0.15, -0.1) is 0 Å². The van der Waals surface area contributed by atoms with Crippen LogP contribution in [-0.2, 0) is 4.79 Å². The summed E-state index contributed by atoms with van der Waals surface area (Å²) in [5, 5.41) is 9.35. The zero-order valence-electron chi connectivity index (χ0n) is 11.7. The molecular formula is C15H26N2O2. The zero-order chi connectivity index (χ0) is 13.5. The molecule has 19 heavy (non-hydrogen) atoms. The van der Waals surface area contributed by atoms with E-state index in [0.717, 1.165) is 31.3 Å². The molecular weight excluding hydrogens is 240 g/mol. The molecule has 0 aromatic heterocycles. The van der Waals surface area contributed by atoms with Crippen molar-refractivity contribution in [3.63, 3.8) is 0 Å². The van der Waals surface area contributed by atoms with E-state index in [2.05, 4.69) is 4.90 Å². The molecule has 0 amide bonds. The van der Waals surface area contributed by atoms with Gasteiger partial charge in [0.25, 0.3) is 0 Å². The van der Waals surface area contributed by atoms with Crippen LogP contribution in [0.1, 0.15) is 57.8 Å². The van der Waals surface area contributed by atoms with E-state index in [9.17, 15) is 9.90 Å². The number of aliphatic carboxylic acids is 1. The molecule has 3 aliphatic rings. The van der Waals surface area contributed by atoms with Crippen LogP contribution in [0, 0.1) is 5.92 Å². The predicted octanol–water partition coefficient (Wildman–Crippen LogP) is 1.98. The highest BCUT2D eigenvalue weighted by Crippen LogP contribution is 2.41. The van der Waals surface area contributed by atoms with Gasteiger partial charge >= 0.3 is 5.97 Å². The Bertz CT molecular complexity index is 360. The van der Waals surface area contributed by atoms with Gasteiger partial charge in [0, 0.05) is 12.1 Å². The van der Waals surface area contributed by atoms with Gasteiger partial charge in [0.1, 0.15) is 5.54 Å². The van der Waals surface area contributed by atoms with Crippen molar-refractivity contribution in [2.24, 2.45) is 11.7 Å². The standard InChI is InChI=1S/C15H26N2O2/c16-15(14(18)19)8-3-5-12(10-15)17-9-7-11-4-1-2-6-13(11)17/h11-13H,1-10,16H2,(H,18,19). The summed E-state index contributed by atoms with van der Waals surface area (Å²) in [5.41, 5.74) is 5.13. The summed E-state index contributed by atoms with van der Waals surface area (Å²) in [6, 6.07) is 1.12. The van der Waals surface area contributed by atoms with Crippen LogP contribution in [0.3, 0.4) is 0 Å². The number of nitrogens with zero attached hydrogens (tertiary/aromatic N) is 1. The molecule has 0 bridgehead atoms. The van der Waals surface area contributed by atoms with Crippen molar-refractivity contribution >= 4 is 5.97 Å². The van der Waals surface area contributed by atoms with Crippen molar-refractivity contribution in [2.45, 2.75) is 75.4 Å². The maximum atomic E-state index is 11.4. The van der Waals surface area contributed by atoms with Gasteiger partial charge in [-0.05, 0) is 57.4 Å². The van der Waals surface area contributed by atoms with E-state index in [1.807, 2.05) is 0 Å². The SMILES string of the molecule is NC1(C(=O)O)CCCC(N2CCC3CCCCC32)C1. The molecule has 2 saturated carbocycles. The molecule has 0 aromatic carbocycles. The van der Waals surface area contributed by atoms with E-state index in [-0.39, 0.29) is 0 Å². The van der Waals surface area contributed by atoms with Crippen LogP contribution in [0.15, 0.2) is 0 Å². The van der Waals surface area contributed by atoms with Crippen LogP contribution in [0.25, 0.3) is 0 Å². The van der Waals surface area contributed by atoms with Gasteiger partial charge in [0.2, 0.25) is 0 Å². The number of carbonyl (C=O) groups is 1.